The highest BCUT2D eigenvalue weighted by atomic mass is 19.4. The van der Waals surface area contributed by atoms with Crippen LogP contribution < -0.4 is 11.1 Å². The lowest BCUT2D eigenvalue weighted by Gasteiger charge is -2.19. The van der Waals surface area contributed by atoms with Crippen LogP contribution in [-0.2, 0) is 37.9 Å². The number of benzene rings is 1. The summed E-state index contributed by atoms with van der Waals surface area (Å²) >= 11 is 0. The minimum atomic E-state index is -5.06. The van der Waals surface area contributed by atoms with Crippen molar-refractivity contribution in [1.29, 1.82) is 0 Å². The Morgan fingerprint density at radius 2 is 1.53 bits per heavy atom. The van der Waals surface area contributed by atoms with E-state index in [1.165, 1.54) is 6.92 Å². The maximum atomic E-state index is 12.9. The van der Waals surface area contributed by atoms with Crippen LogP contribution in [0.1, 0.15) is 37.0 Å². The molecule has 0 aliphatic rings. The van der Waals surface area contributed by atoms with Gasteiger partial charge in [0.2, 0.25) is 11.8 Å². The maximum absolute atomic E-state index is 12.9. The van der Waals surface area contributed by atoms with E-state index in [9.17, 15) is 40.7 Å². The maximum Gasteiger partial charge on any atom is 0.416 e. The molecule has 0 heterocycles. The fraction of sp³-hybridized carbons (Fsp3) is 0.500. The molecule has 2 atom stereocenters. The highest BCUT2D eigenvalue weighted by Crippen LogP contribution is 2.36. The molecular weight excluding hydrogens is 422 g/mol. The molecular formula is C18H20F6N2O4. The van der Waals surface area contributed by atoms with Crippen LogP contribution >= 0.6 is 0 Å². The van der Waals surface area contributed by atoms with E-state index in [1.807, 2.05) is 0 Å². The first-order valence-corrected chi connectivity index (χ1v) is 8.68. The molecule has 0 unspecified atom stereocenters. The van der Waals surface area contributed by atoms with Gasteiger partial charge in [-0.15, -0.1) is 0 Å². The van der Waals surface area contributed by atoms with E-state index in [4.69, 9.17) is 10.5 Å². The second-order valence-corrected chi connectivity index (χ2v) is 6.50. The van der Waals surface area contributed by atoms with E-state index >= 15 is 0 Å². The van der Waals surface area contributed by atoms with Crippen molar-refractivity contribution in [2.45, 2.75) is 45.1 Å². The third-order valence-corrected chi connectivity index (χ3v) is 3.97. The Kier molecular flexibility index (Phi) is 8.25. The molecule has 1 aromatic rings. The average molecular weight is 442 g/mol. The van der Waals surface area contributed by atoms with Gasteiger partial charge in [0.25, 0.3) is 0 Å². The minimum absolute atomic E-state index is 0.0609. The summed E-state index contributed by atoms with van der Waals surface area (Å²) in [5.74, 6) is -3.57. The lowest BCUT2D eigenvalue weighted by atomic mass is 10.00. The molecule has 0 aromatic heterocycles. The molecule has 1 aromatic carbocycles. The fourth-order valence-corrected chi connectivity index (χ4v) is 2.53. The van der Waals surface area contributed by atoms with Crippen LogP contribution in [0.15, 0.2) is 18.2 Å². The molecule has 0 saturated heterocycles. The second-order valence-electron chi connectivity index (χ2n) is 6.50. The van der Waals surface area contributed by atoms with E-state index < -0.39 is 65.2 Å². The first-order chi connectivity index (χ1) is 13.6. The van der Waals surface area contributed by atoms with Gasteiger partial charge in [-0.1, -0.05) is 6.92 Å². The molecule has 30 heavy (non-hydrogen) atoms. The van der Waals surface area contributed by atoms with Gasteiger partial charge < -0.3 is 15.8 Å². The predicted molar refractivity (Wildman–Crippen MR) is 91.7 cm³/mol. The Hall–Kier alpha value is -2.79. The predicted octanol–water partition coefficient (Wildman–Crippen LogP) is 2.83. The molecule has 2 amide bonds. The fourth-order valence-electron chi connectivity index (χ4n) is 2.53. The van der Waals surface area contributed by atoms with E-state index in [1.54, 1.807) is 6.92 Å². The van der Waals surface area contributed by atoms with Gasteiger partial charge in [0.1, 0.15) is 6.04 Å². The van der Waals surface area contributed by atoms with Gasteiger partial charge in [-0.3, -0.25) is 14.4 Å². The van der Waals surface area contributed by atoms with Crippen LogP contribution in [0.5, 0.6) is 0 Å². The van der Waals surface area contributed by atoms with Crippen molar-refractivity contribution < 1.29 is 45.5 Å². The van der Waals surface area contributed by atoms with E-state index in [0.29, 0.717) is 12.1 Å². The van der Waals surface area contributed by atoms with Crippen LogP contribution in [0, 0.1) is 5.92 Å². The lowest BCUT2D eigenvalue weighted by Crippen LogP contribution is -2.46. The van der Waals surface area contributed by atoms with Crippen molar-refractivity contribution in [2.24, 2.45) is 11.7 Å². The van der Waals surface area contributed by atoms with Crippen molar-refractivity contribution in [2.75, 3.05) is 6.61 Å². The van der Waals surface area contributed by atoms with E-state index in [-0.39, 0.29) is 19.1 Å². The quantitative estimate of drug-likeness (QED) is 0.478. The van der Waals surface area contributed by atoms with Crippen molar-refractivity contribution in [1.82, 2.24) is 5.32 Å². The molecule has 3 N–H and O–H groups in total. The molecule has 0 fully saturated rings. The van der Waals surface area contributed by atoms with Gasteiger partial charge in [-0.25, -0.2) is 0 Å². The van der Waals surface area contributed by atoms with E-state index in [2.05, 4.69) is 5.32 Å². The number of hydrogen-bond donors (Lipinski definition) is 2. The number of primary amides is 1. The molecule has 12 heteroatoms. The van der Waals surface area contributed by atoms with Crippen LogP contribution in [0.25, 0.3) is 0 Å². The van der Waals surface area contributed by atoms with Crippen molar-refractivity contribution in [3.63, 3.8) is 0 Å². The standard InChI is InChI=1S/C18H20F6N2O4/c1-3-30-16(29)9(2)4-13(15(25)28)26-14(27)7-10-5-11(17(19,20)21)8-12(6-10)18(22,23)24/h5-6,8-9,13H,3-4,7H2,1-2H3,(H2,25,28)(H,26,27)/t9-,13-/m0/s1. The number of esters is 1. The zero-order valence-electron chi connectivity index (χ0n) is 16.0. The molecule has 6 nitrogen and oxygen atoms in total. The van der Waals surface area contributed by atoms with Gasteiger partial charge in [0.15, 0.2) is 0 Å². The van der Waals surface area contributed by atoms with Crippen LogP contribution in [-0.4, -0.2) is 30.4 Å². The Balaban J connectivity index is 3.02. The number of amides is 2. The van der Waals surface area contributed by atoms with E-state index in [0.717, 1.165) is 0 Å². The summed E-state index contributed by atoms with van der Waals surface area (Å²) in [6.45, 7) is 3.04. The zero-order chi connectivity index (χ0) is 23.3. The summed E-state index contributed by atoms with van der Waals surface area (Å²) in [5, 5.41) is 2.13. The number of halogens is 6. The molecule has 0 spiro atoms. The third-order valence-electron chi connectivity index (χ3n) is 3.97. The van der Waals surface area contributed by atoms with Gasteiger partial charge in [-0.05, 0) is 37.1 Å². The molecule has 168 valence electrons. The van der Waals surface area contributed by atoms with Crippen molar-refractivity contribution >= 4 is 17.8 Å². The summed E-state index contributed by atoms with van der Waals surface area (Å²) in [5.41, 5.74) is 1.47. The molecule has 1 rings (SSSR count). The Morgan fingerprint density at radius 1 is 1.03 bits per heavy atom. The summed E-state index contributed by atoms with van der Waals surface area (Å²) < 4.78 is 82.1. The van der Waals surface area contributed by atoms with Crippen LogP contribution in [0.2, 0.25) is 0 Å². The third kappa shape index (κ3) is 7.56. The van der Waals surface area contributed by atoms with Gasteiger partial charge >= 0.3 is 18.3 Å². The molecule has 0 radical (unpaired) electrons. The topological polar surface area (TPSA) is 98.5 Å². The van der Waals surface area contributed by atoms with Gasteiger partial charge in [0.05, 0.1) is 30.1 Å². The Morgan fingerprint density at radius 3 is 1.93 bits per heavy atom. The molecule has 0 aliphatic heterocycles. The number of carbonyl (C=O) groups is 3. The van der Waals surface area contributed by atoms with Crippen LogP contribution in [0.4, 0.5) is 26.3 Å². The highest BCUT2D eigenvalue weighted by Gasteiger charge is 2.37. The van der Waals surface area contributed by atoms with Crippen molar-refractivity contribution in [3.05, 3.63) is 34.9 Å². The number of hydrogen-bond acceptors (Lipinski definition) is 4. The van der Waals surface area contributed by atoms with Crippen LogP contribution in [0.3, 0.4) is 0 Å². The highest BCUT2D eigenvalue weighted by molar-refractivity contribution is 5.88. The monoisotopic (exact) mass is 442 g/mol. The Labute approximate surface area is 167 Å². The summed E-state index contributed by atoms with van der Waals surface area (Å²) in [4.78, 5) is 35.3. The summed E-state index contributed by atoms with van der Waals surface area (Å²) in [7, 11) is 0. The smallest absolute Gasteiger partial charge is 0.416 e. The van der Waals surface area contributed by atoms with Gasteiger partial charge in [-0.2, -0.15) is 26.3 Å². The molecule has 0 bridgehead atoms. The van der Waals surface area contributed by atoms with Gasteiger partial charge in [0, 0.05) is 0 Å². The first-order valence-electron chi connectivity index (χ1n) is 8.68. The number of nitrogens with one attached hydrogen (secondary N) is 1. The summed E-state index contributed by atoms with van der Waals surface area (Å²) in [6, 6.07) is -0.607. The normalized spacial score (nSPS) is 14.0. The Bertz CT molecular complexity index is 760. The zero-order valence-corrected chi connectivity index (χ0v) is 16.0. The number of rotatable bonds is 8. The van der Waals surface area contributed by atoms with Crippen molar-refractivity contribution in [3.8, 4) is 0 Å². The largest absolute Gasteiger partial charge is 0.466 e. The number of nitrogens with two attached hydrogens (primary N) is 1. The molecule has 0 saturated carbocycles. The summed E-state index contributed by atoms with van der Waals surface area (Å²) in [6.07, 6.45) is -11.2. The number of carbonyl (C=O) groups excluding carboxylic acids is 3. The average Bonchev–Trinajstić information content (AvgIpc) is 2.59. The number of ether oxygens (including phenoxy) is 1. The lowest BCUT2D eigenvalue weighted by molar-refractivity contribution is -0.148. The SMILES string of the molecule is CCOC(=O)[C@@H](C)C[C@H](NC(=O)Cc1cc(C(F)(F)F)cc(C(F)(F)F)c1)C(N)=O. The number of alkyl halides is 6. The first kappa shape index (κ1) is 25.2. The minimum Gasteiger partial charge on any atom is -0.466 e. The molecule has 0 aliphatic carbocycles. The second kappa shape index (κ2) is 9.81.